The molecule has 134 valence electrons. The summed E-state index contributed by atoms with van der Waals surface area (Å²) in [5.41, 5.74) is 0.728. The monoisotopic (exact) mass is 344 g/mol. The number of hydrogen-bond donors (Lipinski definition) is 2. The Morgan fingerprint density at radius 1 is 1.40 bits per heavy atom. The third kappa shape index (κ3) is 6.10. The number of nitrogens with one attached hydrogen (secondary N) is 2. The van der Waals surface area contributed by atoms with E-state index in [9.17, 15) is 10.1 Å². The lowest BCUT2D eigenvalue weighted by molar-refractivity contribution is -0.117. The van der Waals surface area contributed by atoms with Crippen LogP contribution in [0.5, 0.6) is 5.75 Å². The van der Waals surface area contributed by atoms with Gasteiger partial charge in [-0.1, -0.05) is 12.1 Å². The number of morpholine rings is 1. The van der Waals surface area contributed by atoms with Crippen molar-refractivity contribution in [3.63, 3.8) is 0 Å². The highest BCUT2D eigenvalue weighted by atomic mass is 16.5. The summed E-state index contributed by atoms with van der Waals surface area (Å²) in [6, 6.07) is 9.30. The van der Waals surface area contributed by atoms with Crippen molar-refractivity contribution in [2.24, 2.45) is 0 Å². The van der Waals surface area contributed by atoms with Crippen LogP contribution in [0.1, 0.15) is 6.92 Å². The van der Waals surface area contributed by atoms with E-state index >= 15 is 0 Å². The first-order valence-electron chi connectivity index (χ1n) is 8.41. The topological polar surface area (TPSA) is 86.6 Å². The van der Waals surface area contributed by atoms with Gasteiger partial charge in [-0.05, 0) is 19.1 Å². The first kappa shape index (κ1) is 18.8. The van der Waals surface area contributed by atoms with Crippen LogP contribution < -0.4 is 15.4 Å². The fourth-order valence-corrected chi connectivity index (χ4v) is 2.41. The zero-order valence-electron chi connectivity index (χ0n) is 14.5. The molecule has 0 aliphatic carbocycles. The number of carbonyl (C=O) groups excluding carboxylic acids is 1. The van der Waals surface area contributed by atoms with Crippen LogP contribution in [0.2, 0.25) is 0 Å². The van der Waals surface area contributed by atoms with Gasteiger partial charge in [0.2, 0.25) is 0 Å². The van der Waals surface area contributed by atoms with Gasteiger partial charge in [0.05, 0.1) is 25.5 Å². The molecule has 0 spiro atoms. The molecule has 1 aliphatic rings. The lowest BCUT2D eigenvalue weighted by atomic mass is 10.2. The number of anilines is 1. The molecule has 1 fully saturated rings. The van der Waals surface area contributed by atoms with Gasteiger partial charge in [-0.15, -0.1) is 0 Å². The van der Waals surface area contributed by atoms with Gasteiger partial charge < -0.3 is 20.1 Å². The standard InChI is InChI=1S/C18H24N4O3/c1-2-25-17-6-4-3-5-16(17)21-14-15(13-19)18(23)20-7-8-22-9-11-24-12-10-22/h3-6,14,21H,2,7-12H2,1H3,(H,20,23)/b15-14-. The molecular weight excluding hydrogens is 320 g/mol. The minimum atomic E-state index is -0.392. The van der Waals surface area contributed by atoms with Crippen molar-refractivity contribution in [1.82, 2.24) is 10.2 Å². The van der Waals surface area contributed by atoms with E-state index < -0.39 is 5.91 Å². The highest BCUT2D eigenvalue weighted by Gasteiger charge is 2.12. The van der Waals surface area contributed by atoms with E-state index in [0.717, 1.165) is 32.8 Å². The number of carbonyl (C=O) groups is 1. The molecule has 0 aromatic heterocycles. The summed E-state index contributed by atoms with van der Waals surface area (Å²) in [4.78, 5) is 14.3. The predicted molar refractivity (Wildman–Crippen MR) is 95.2 cm³/mol. The van der Waals surface area contributed by atoms with Crippen LogP contribution in [0.4, 0.5) is 5.69 Å². The second-order valence-corrected chi connectivity index (χ2v) is 5.45. The van der Waals surface area contributed by atoms with Gasteiger partial charge in [0.25, 0.3) is 5.91 Å². The summed E-state index contributed by atoms with van der Waals surface area (Å²) in [6.07, 6.45) is 1.40. The molecule has 0 atom stereocenters. The minimum Gasteiger partial charge on any atom is -0.492 e. The average Bonchev–Trinajstić information content (AvgIpc) is 2.64. The Balaban J connectivity index is 1.86. The van der Waals surface area contributed by atoms with E-state index in [1.165, 1.54) is 6.20 Å². The van der Waals surface area contributed by atoms with Gasteiger partial charge in [-0.25, -0.2) is 0 Å². The Labute approximate surface area is 148 Å². The van der Waals surface area contributed by atoms with E-state index in [1.54, 1.807) is 0 Å². The van der Waals surface area contributed by atoms with Gasteiger partial charge >= 0.3 is 0 Å². The van der Waals surface area contributed by atoms with Crippen molar-refractivity contribution < 1.29 is 14.3 Å². The molecule has 0 unspecified atom stereocenters. The fraction of sp³-hybridized carbons (Fsp3) is 0.444. The molecule has 1 amide bonds. The lowest BCUT2D eigenvalue weighted by Crippen LogP contribution is -2.41. The van der Waals surface area contributed by atoms with Crippen molar-refractivity contribution in [1.29, 1.82) is 5.26 Å². The molecule has 2 N–H and O–H groups in total. The van der Waals surface area contributed by atoms with Gasteiger partial charge in [0.15, 0.2) is 0 Å². The van der Waals surface area contributed by atoms with E-state index in [0.29, 0.717) is 24.6 Å². The Kier molecular flexibility index (Phi) is 7.76. The summed E-state index contributed by atoms with van der Waals surface area (Å²) in [5, 5.41) is 15.0. The molecule has 1 saturated heterocycles. The van der Waals surface area contributed by atoms with Crippen LogP contribution in [-0.4, -0.2) is 56.8 Å². The molecule has 0 radical (unpaired) electrons. The Bertz CT molecular complexity index is 633. The third-order valence-corrected chi connectivity index (χ3v) is 3.74. The zero-order valence-corrected chi connectivity index (χ0v) is 14.5. The van der Waals surface area contributed by atoms with Crippen LogP contribution in [0.15, 0.2) is 36.0 Å². The molecule has 7 nitrogen and oxygen atoms in total. The molecule has 1 aromatic rings. The lowest BCUT2D eigenvalue weighted by Gasteiger charge is -2.26. The number of nitriles is 1. The molecule has 7 heteroatoms. The maximum atomic E-state index is 12.1. The Morgan fingerprint density at radius 2 is 2.16 bits per heavy atom. The van der Waals surface area contributed by atoms with Crippen LogP contribution in [0, 0.1) is 11.3 Å². The van der Waals surface area contributed by atoms with E-state index in [2.05, 4.69) is 15.5 Å². The number of amides is 1. The fourth-order valence-electron chi connectivity index (χ4n) is 2.41. The molecule has 1 aliphatic heterocycles. The molecule has 1 aromatic carbocycles. The highest BCUT2D eigenvalue weighted by Crippen LogP contribution is 2.23. The summed E-state index contributed by atoms with van der Waals surface area (Å²) < 4.78 is 10.8. The molecule has 2 rings (SSSR count). The molecular formula is C18H24N4O3. The summed E-state index contributed by atoms with van der Waals surface area (Å²) in [7, 11) is 0. The van der Waals surface area contributed by atoms with Crippen molar-refractivity contribution in [3.8, 4) is 11.8 Å². The number of ether oxygens (including phenoxy) is 2. The van der Waals surface area contributed by atoms with Crippen LogP contribution in [0.25, 0.3) is 0 Å². The largest absolute Gasteiger partial charge is 0.492 e. The van der Waals surface area contributed by atoms with Crippen LogP contribution in [-0.2, 0) is 9.53 Å². The van der Waals surface area contributed by atoms with Gasteiger partial charge in [-0.2, -0.15) is 5.26 Å². The second-order valence-electron chi connectivity index (χ2n) is 5.45. The van der Waals surface area contributed by atoms with Crippen molar-refractivity contribution in [2.75, 3.05) is 51.3 Å². The van der Waals surface area contributed by atoms with Crippen LogP contribution in [0.3, 0.4) is 0 Å². The number of nitrogens with zero attached hydrogens (tertiary/aromatic N) is 2. The molecule has 1 heterocycles. The van der Waals surface area contributed by atoms with E-state index in [4.69, 9.17) is 9.47 Å². The smallest absolute Gasteiger partial charge is 0.263 e. The molecule has 25 heavy (non-hydrogen) atoms. The van der Waals surface area contributed by atoms with Gasteiger partial charge in [0.1, 0.15) is 17.4 Å². The van der Waals surface area contributed by atoms with Crippen LogP contribution >= 0.6 is 0 Å². The number of hydrogen-bond acceptors (Lipinski definition) is 6. The van der Waals surface area contributed by atoms with E-state index in [-0.39, 0.29) is 5.57 Å². The maximum absolute atomic E-state index is 12.1. The zero-order chi connectivity index (χ0) is 17.9. The van der Waals surface area contributed by atoms with Gasteiger partial charge in [0, 0.05) is 32.4 Å². The predicted octanol–water partition coefficient (Wildman–Crippen LogP) is 1.35. The Hall–Kier alpha value is -2.56. The van der Waals surface area contributed by atoms with E-state index in [1.807, 2.05) is 37.3 Å². The molecule has 0 saturated carbocycles. The second kappa shape index (κ2) is 10.3. The summed E-state index contributed by atoms with van der Waals surface area (Å²) >= 11 is 0. The Morgan fingerprint density at radius 3 is 2.88 bits per heavy atom. The van der Waals surface area contributed by atoms with Gasteiger partial charge in [-0.3, -0.25) is 9.69 Å². The molecule has 0 bridgehead atoms. The van der Waals surface area contributed by atoms with Crippen molar-refractivity contribution in [2.45, 2.75) is 6.92 Å². The maximum Gasteiger partial charge on any atom is 0.263 e. The highest BCUT2D eigenvalue weighted by molar-refractivity contribution is 5.97. The first-order chi connectivity index (χ1) is 12.2. The number of benzene rings is 1. The number of rotatable bonds is 8. The van der Waals surface area contributed by atoms with Crippen molar-refractivity contribution >= 4 is 11.6 Å². The normalized spacial score (nSPS) is 15.3. The summed E-state index contributed by atoms with van der Waals surface area (Å²) in [6.45, 7) is 6.85. The average molecular weight is 344 g/mol. The minimum absolute atomic E-state index is 0.0216. The quantitative estimate of drug-likeness (QED) is 0.547. The third-order valence-electron chi connectivity index (χ3n) is 3.74. The SMILES string of the molecule is CCOc1ccccc1N/C=C(/C#N)C(=O)NCCN1CCOCC1. The van der Waals surface area contributed by atoms with Crippen molar-refractivity contribution in [3.05, 3.63) is 36.0 Å². The number of para-hydroxylation sites is 2. The first-order valence-corrected chi connectivity index (χ1v) is 8.41. The summed E-state index contributed by atoms with van der Waals surface area (Å²) in [5.74, 6) is 0.281.